The normalized spacial score (nSPS) is 14.7. The van der Waals surface area contributed by atoms with E-state index in [4.69, 9.17) is 4.74 Å². The molecule has 19 heavy (non-hydrogen) atoms. The summed E-state index contributed by atoms with van der Waals surface area (Å²) in [4.78, 5) is 24.2. The molecule has 1 aliphatic rings. The number of hydrogen-bond acceptors (Lipinski definition) is 3. The third kappa shape index (κ3) is 2.09. The van der Waals surface area contributed by atoms with Crippen LogP contribution in [0, 0.1) is 0 Å². The number of hydrogen-bond donors (Lipinski definition) is 0. The molecular weight excluding hydrogens is 240 g/mol. The minimum atomic E-state index is -0.988. The van der Waals surface area contributed by atoms with E-state index < -0.39 is 6.10 Å². The topological polar surface area (TPSA) is 43.4 Å². The van der Waals surface area contributed by atoms with E-state index in [0.29, 0.717) is 11.1 Å². The zero-order valence-electron chi connectivity index (χ0n) is 10.2. The average Bonchev–Trinajstić information content (AvgIpc) is 2.71. The van der Waals surface area contributed by atoms with Gasteiger partial charge >= 0.3 is 0 Å². The Morgan fingerprint density at radius 3 is 1.89 bits per heavy atom. The molecule has 2 aromatic rings. The lowest BCUT2D eigenvalue weighted by molar-refractivity contribution is 0.0350. The van der Waals surface area contributed by atoms with Gasteiger partial charge in [-0.15, -0.1) is 0 Å². The van der Waals surface area contributed by atoms with Gasteiger partial charge in [0.1, 0.15) is 0 Å². The van der Waals surface area contributed by atoms with Gasteiger partial charge in [0.25, 0.3) is 0 Å². The first-order valence-electron chi connectivity index (χ1n) is 6.10. The molecule has 2 aromatic carbocycles. The van der Waals surface area contributed by atoms with Crippen molar-refractivity contribution in [2.24, 2.45) is 0 Å². The third-order valence-electron chi connectivity index (χ3n) is 3.19. The molecule has 0 radical (unpaired) electrons. The second kappa shape index (κ2) is 4.78. The van der Waals surface area contributed by atoms with Crippen molar-refractivity contribution in [1.29, 1.82) is 0 Å². The summed E-state index contributed by atoms with van der Waals surface area (Å²) in [5.74, 6) is -0.479. The minimum absolute atomic E-state index is 0.239. The van der Waals surface area contributed by atoms with Gasteiger partial charge < -0.3 is 4.74 Å². The highest BCUT2D eigenvalue weighted by Crippen LogP contribution is 2.24. The van der Waals surface area contributed by atoms with Gasteiger partial charge in [-0.2, -0.15) is 0 Å². The molecule has 1 aliphatic carbocycles. The predicted octanol–water partition coefficient (Wildman–Crippen LogP) is 2.65. The third-order valence-corrected chi connectivity index (χ3v) is 3.19. The van der Waals surface area contributed by atoms with E-state index in [9.17, 15) is 9.59 Å². The van der Waals surface area contributed by atoms with Crippen molar-refractivity contribution in [2.75, 3.05) is 0 Å². The Hall–Kier alpha value is -2.26. The first-order chi connectivity index (χ1) is 9.27. The Balaban J connectivity index is 1.78. The van der Waals surface area contributed by atoms with E-state index in [1.807, 2.05) is 30.3 Å². The summed E-state index contributed by atoms with van der Waals surface area (Å²) >= 11 is 0. The summed E-state index contributed by atoms with van der Waals surface area (Å²) in [6.45, 7) is 0.261. The SMILES string of the molecule is O=C1c2ccccc2C(=O)C1OCc1ccccc1. The molecule has 0 aliphatic heterocycles. The van der Waals surface area contributed by atoms with Gasteiger partial charge in [-0.3, -0.25) is 9.59 Å². The lowest BCUT2D eigenvalue weighted by Crippen LogP contribution is -2.25. The molecule has 0 heterocycles. The molecule has 0 unspecified atom stereocenters. The molecule has 3 rings (SSSR count). The van der Waals surface area contributed by atoms with Crippen molar-refractivity contribution in [3.63, 3.8) is 0 Å². The Kier molecular flexibility index (Phi) is 2.97. The Labute approximate surface area is 110 Å². The maximum absolute atomic E-state index is 12.1. The molecule has 0 fully saturated rings. The molecule has 0 saturated heterocycles. The van der Waals surface area contributed by atoms with Crippen LogP contribution in [0.3, 0.4) is 0 Å². The second-order valence-electron chi connectivity index (χ2n) is 4.45. The van der Waals surface area contributed by atoms with Gasteiger partial charge in [0.05, 0.1) is 6.61 Å². The van der Waals surface area contributed by atoms with Gasteiger partial charge in [-0.25, -0.2) is 0 Å². The fourth-order valence-corrected chi connectivity index (χ4v) is 2.22. The number of carbonyl (C=O) groups excluding carboxylic acids is 2. The van der Waals surface area contributed by atoms with Crippen molar-refractivity contribution in [1.82, 2.24) is 0 Å². The van der Waals surface area contributed by atoms with E-state index in [2.05, 4.69) is 0 Å². The molecule has 0 amide bonds. The van der Waals surface area contributed by atoms with Gasteiger partial charge in [-0.1, -0.05) is 54.6 Å². The number of benzene rings is 2. The molecule has 94 valence electrons. The largest absolute Gasteiger partial charge is 0.357 e. The summed E-state index contributed by atoms with van der Waals surface area (Å²) in [5, 5.41) is 0. The quantitative estimate of drug-likeness (QED) is 0.789. The maximum atomic E-state index is 12.1. The van der Waals surface area contributed by atoms with E-state index in [1.165, 1.54) is 0 Å². The zero-order chi connectivity index (χ0) is 13.2. The van der Waals surface area contributed by atoms with Crippen LogP contribution in [0.2, 0.25) is 0 Å². The molecule has 0 aromatic heterocycles. The van der Waals surface area contributed by atoms with E-state index in [0.717, 1.165) is 5.56 Å². The van der Waals surface area contributed by atoms with E-state index in [-0.39, 0.29) is 18.2 Å². The number of Topliss-reactive ketones (excluding diaryl/α,β-unsaturated/α-hetero) is 2. The predicted molar refractivity (Wildman–Crippen MR) is 70.1 cm³/mol. The van der Waals surface area contributed by atoms with Crippen LogP contribution < -0.4 is 0 Å². The average molecular weight is 252 g/mol. The molecule has 0 bridgehead atoms. The van der Waals surface area contributed by atoms with Crippen LogP contribution in [0.25, 0.3) is 0 Å². The summed E-state index contributed by atoms with van der Waals surface area (Å²) in [6, 6.07) is 16.3. The second-order valence-corrected chi connectivity index (χ2v) is 4.45. The van der Waals surface area contributed by atoms with E-state index >= 15 is 0 Å². The van der Waals surface area contributed by atoms with Gasteiger partial charge in [-0.05, 0) is 5.56 Å². The molecule has 0 atom stereocenters. The first-order valence-corrected chi connectivity index (χ1v) is 6.10. The monoisotopic (exact) mass is 252 g/mol. The number of ketones is 2. The van der Waals surface area contributed by atoms with Crippen molar-refractivity contribution >= 4 is 11.6 Å². The van der Waals surface area contributed by atoms with Crippen molar-refractivity contribution < 1.29 is 14.3 Å². The molecule has 0 N–H and O–H groups in total. The van der Waals surface area contributed by atoms with Crippen LogP contribution in [0.15, 0.2) is 54.6 Å². The number of carbonyl (C=O) groups is 2. The standard InChI is InChI=1S/C16H12O3/c17-14-12-8-4-5-9-13(12)15(18)16(14)19-10-11-6-2-1-3-7-11/h1-9,16H,10H2. The highest BCUT2D eigenvalue weighted by Gasteiger charge is 2.38. The highest BCUT2D eigenvalue weighted by atomic mass is 16.5. The zero-order valence-corrected chi connectivity index (χ0v) is 10.2. The van der Waals surface area contributed by atoms with Gasteiger partial charge in [0.2, 0.25) is 0 Å². The summed E-state index contributed by atoms with van der Waals surface area (Å²) in [7, 11) is 0. The van der Waals surface area contributed by atoms with Gasteiger partial charge in [0.15, 0.2) is 17.7 Å². The molecule has 0 spiro atoms. The van der Waals surface area contributed by atoms with Crippen LogP contribution in [-0.2, 0) is 11.3 Å². The first kappa shape index (κ1) is 11.8. The number of ether oxygens (including phenoxy) is 1. The number of rotatable bonds is 3. The lowest BCUT2D eigenvalue weighted by Gasteiger charge is -2.08. The fourth-order valence-electron chi connectivity index (χ4n) is 2.22. The highest BCUT2D eigenvalue weighted by molar-refractivity contribution is 6.28. The van der Waals surface area contributed by atoms with Gasteiger partial charge in [0, 0.05) is 11.1 Å². The molecular formula is C16H12O3. The fraction of sp³-hybridized carbons (Fsp3) is 0.125. The van der Waals surface area contributed by atoms with Crippen LogP contribution in [0.4, 0.5) is 0 Å². The minimum Gasteiger partial charge on any atom is -0.357 e. The summed E-state index contributed by atoms with van der Waals surface area (Å²) in [6.07, 6.45) is -0.988. The van der Waals surface area contributed by atoms with Crippen molar-refractivity contribution in [3.05, 3.63) is 71.3 Å². The molecule has 0 saturated carbocycles. The van der Waals surface area contributed by atoms with Crippen molar-refractivity contribution in [2.45, 2.75) is 12.7 Å². The smallest absolute Gasteiger partial charge is 0.200 e. The molecule has 3 nitrogen and oxygen atoms in total. The maximum Gasteiger partial charge on any atom is 0.200 e. The van der Waals surface area contributed by atoms with Crippen LogP contribution in [0.5, 0.6) is 0 Å². The summed E-state index contributed by atoms with van der Waals surface area (Å²) < 4.78 is 5.50. The van der Waals surface area contributed by atoms with Crippen molar-refractivity contribution in [3.8, 4) is 0 Å². The Bertz CT molecular complexity index is 596. The lowest BCUT2D eigenvalue weighted by atomic mass is 10.1. The van der Waals surface area contributed by atoms with Crippen LogP contribution in [0.1, 0.15) is 26.3 Å². The van der Waals surface area contributed by atoms with Crippen LogP contribution in [-0.4, -0.2) is 17.7 Å². The number of fused-ring (bicyclic) bond motifs is 1. The Morgan fingerprint density at radius 2 is 1.32 bits per heavy atom. The summed E-state index contributed by atoms with van der Waals surface area (Å²) in [5.41, 5.74) is 1.87. The van der Waals surface area contributed by atoms with Crippen LogP contribution >= 0.6 is 0 Å². The Morgan fingerprint density at radius 1 is 0.789 bits per heavy atom. The van der Waals surface area contributed by atoms with E-state index in [1.54, 1.807) is 24.3 Å². The molecule has 3 heteroatoms.